The highest BCUT2D eigenvalue weighted by Gasteiger charge is 2.25. The molecule has 0 unspecified atom stereocenters. The second kappa shape index (κ2) is 7.34. The van der Waals surface area contributed by atoms with Gasteiger partial charge < -0.3 is 10.0 Å². The molecule has 24 heavy (non-hydrogen) atoms. The SMILES string of the molecule is Cc1cc(C(=O)O)ccc1CC(=O)N1CCN(CC2CCC2)CC1. The normalized spacial score (nSPS) is 19.1. The van der Waals surface area contributed by atoms with Crippen molar-refractivity contribution in [2.45, 2.75) is 32.6 Å². The van der Waals surface area contributed by atoms with Crippen LogP contribution in [0.4, 0.5) is 0 Å². The number of carbonyl (C=O) groups excluding carboxylic acids is 1. The average molecular weight is 330 g/mol. The lowest BCUT2D eigenvalue weighted by Gasteiger charge is -2.38. The predicted octanol–water partition coefficient (Wildman–Crippen LogP) is 2.18. The van der Waals surface area contributed by atoms with Crippen molar-refractivity contribution in [2.75, 3.05) is 32.7 Å². The second-order valence-electron chi connectivity index (χ2n) is 7.10. The third-order valence-corrected chi connectivity index (χ3v) is 5.40. The molecule has 1 N–H and O–H groups in total. The highest BCUT2D eigenvalue weighted by Crippen LogP contribution is 2.27. The molecule has 130 valence electrons. The van der Waals surface area contributed by atoms with Gasteiger partial charge in [0, 0.05) is 32.7 Å². The third kappa shape index (κ3) is 3.96. The number of benzene rings is 1. The fourth-order valence-electron chi connectivity index (χ4n) is 3.52. The zero-order valence-electron chi connectivity index (χ0n) is 14.3. The molecular formula is C19H26N2O3. The lowest BCUT2D eigenvalue weighted by atomic mass is 9.85. The van der Waals surface area contributed by atoms with Crippen LogP contribution in [0.5, 0.6) is 0 Å². The van der Waals surface area contributed by atoms with Gasteiger partial charge in [0.05, 0.1) is 12.0 Å². The number of carboxylic acids is 1. The molecule has 3 rings (SSSR count). The molecule has 1 amide bonds. The van der Waals surface area contributed by atoms with Gasteiger partial charge in [-0.3, -0.25) is 9.69 Å². The summed E-state index contributed by atoms with van der Waals surface area (Å²) >= 11 is 0. The molecule has 0 aromatic heterocycles. The van der Waals surface area contributed by atoms with Crippen molar-refractivity contribution < 1.29 is 14.7 Å². The van der Waals surface area contributed by atoms with Crippen LogP contribution in [0.3, 0.4) is 0 Å². The number of aromatic carboxylic acids is 1. The third-order valence-electron chi connectivity index (χ3n) is 5.40. The minimum Gasteiger partial charge on any atom is -0.478 e. The molecule has 1 aromatic carbocycles. The number of carbonyl (C=O) groups is 2. The minimum absolute atomic E-state index is 0.143. The Morgan fingerprint density at radius 3 is 2.42 bits per heavy atom. The number of carboxylic acid groups (broad SMARTS) is 1. The van der Waals surface area contributed by atoms with Gasteiger partial charge in [-0.2, -0.15) is 0 Å². The van der Waals surface area contributed by atoms with E-state index in [-0.39, 0.29) is 11.5 Å². The van der Waals surface area contributed by atoms with E-state index in [1.54, 1.807) is 18.2 Å². The van der Waals surface area contributed by atoms with Crippen LogP contribution in [0.25, 0.3) is 0 Å². The van der Waals surface area contributed by atoms with Gasteiger partial charge in [0.1, 0.15) is 0 Å². The summed E-state index contributed by atoms with van der Waals surface area (Å²) in [6.45, 7) is 6.61. The highest BCUT2D eigenvalue weighted by molar-refractivity contribution is 5.88. The summed E-state index contributed by atoms with van der Waals surface area (Å²) in [4.78, 5) is 27.9. The monoisotopic (exact) mass is 330 g/mol. The molecule has 0 spiro atoms. The van der Waals surface area contributed by atoms with Crippen LogP contribution < -0.4 is 0 Å². The Labute approximate surface area is 143 Å². The van der Waals surface area contributed by atoms with E-state index in [0.717, 1.165) is 43.2 Å². The minimum atomic E-state index is -0.932. The summed E-state index contributed by atoms with van der Waals surface area (Å²) in [6.07, 6.45) is 4.47. The predicted molar refractivity (Wildman–Crippen MR) is 92.2 cm³/mol. The Morgan fingerprint density at radius 2 is 1.88 bits per heavy atom. The molecule has 1 saturated heterocycles. The molecule has 5 nitrogen and oxygen atoms in total. The van der Waals surface area contributed by atoms with Crippen LogP contribution in [0.15, 0.2) is 18.2 Å². The van der Waals surface area contributed by atoms with Gasteiger partial charge in [-0.1, -0.05) is 12.5 Å². The molecule has 0 radical (unpaired) electrons. The van der Waals surface area contributed by atoms with E-state index in [0.29, 0.717) is 6.42 Å². The first-order chi connectivity index (χ1) is 11.5. The largest absolute Gasteiger partial charge is 0.478 e. The Hall–Kier alpha value is -1.88. The first kappa shape index (κ1) is 17.0. The summed E-state index contributed by atoms with van der Waals surface area (Å²) in [7, 11) is 0. The molecular weight excluding hydrogens is 304 g/mol. The van der Waals surface area contributed by atoms with Gasteiger partial charge >= 0.3 is 5.97 Å². The van der Waals surface area contributed by atoms with Crippen LogP contribution in [-0.2, 0) is 11.2 Å². The van der Waals surface area contributed by atoms with Gasteiger partial charge in [0.2, 0.25) is 5.91 Å². The maximum atomic E-state index is 12.5. The number of hydrogen-bond acceptors (Lipinski definition) is 3. The summed E-state index contributed by atoms with van der Waals surface area (Å²) in [5, 5.41) is 9.02. The number of aryl methyl sites for hydroxylation is 1. The van der Waals surface area contributed by atoms with Crippen molar-refractivity contribution in [1.29, 1.82) is 0 Å². The zero-order chi connectivity index (χ0) is 17.1. The average Bonchev–Trinajstić information content (AvgIpc) is 2.53. The Morgan fingerprint density at radius 1 is 1.17 bits per heavy atom. The second-order valence-corrected chi connectivity index (χ2v) is 7.10. The molecule has 1 saturated carbocycles. The fourth-order valence-corrected chi connectivity index (χ4v) is 3.52. The van der Waals surface area contributed by atoms with E-state index >= 15 is 0 Å². The number of piperazine rings is 1. The van der Waals surface area contributed by atoms with E-state index in [1.807, 2.05) is 11.8 Å². The van der Waals surface area contributed by atoms with Crippen LogP contribution >= 0.6 is 0 Å². The molecule has 1 aliphatic carbocycles. The Kier molecular flexibility index (Phi) is 5.19. The fraction of sp³-hybridized carbons (Fsp3) is 0.579. The molecule has 2 aliphatic rings. The molecule has 0 bridgehead atoms. The van der Waals surface area contributed by atoms with E-state index in [2.05, 4.69) is 4.90 Å². The van der Waals surface area contributed by atoms with Gasteiger partial charge in [-0.15, -0.1) is 0 Å². The van der Waals surface area contributed by atoms with Crippen LogP contribution in [-0.4, -0.2) is 59.5 Å². The van der Waals surface area contributed by atoms with E-state index in [4.69, 9.17) is 5.11 Å². The van der Waals surface area contributed by atoms with Crippen LogP contribution in [0.1, 0.15) is 40.7 Å². The van der Waals surface area contributed by atoms with Crippen molar-refractivity contribution in [1.82, 2.24) is 9.80 Å². The van der Waals surface area contributed by atoms with Crippen LogP contribution in [0, 0.1) is 12.8 Å². The quantitative estimate of drug-likeness (QED) is 0.899. The van der Waals surface area contributed by atoms with Gasteiger partial charge in [-0.25, -0.2) is 4.79 Å². The number of amides is 1. The molecule has 1 aliphatic heterocycles. The van der Waals surface area contributed by atoms with Crippen molar-refractivity contribution in [3.63, 3.8) is 0 Å². The molecule has 1 heterocycles. The van der Waals surface area contributed by atoms with E-state index in [1.165, 1.54) is 25.8 Å². The summed E-state index contributed by atoms with van der Waals surface area (Å²) in [5.74, 6) is 0.0886. The standard InChI is InChI=1S/C19H26N2O3/c1-14-11-17(19(23)24)6-5-16(14)12-18(22)21-9-7-20(8-10-21)13-15-3-2-4-15/h5-6,11,15H,2-4,7-10,12-13H2,1H3,(H,23,24). The zero-order valence-corrected chi connectivity index (χ0v) is 14.3. The topological polar surface area (TPSA) is 60.9 Å². The lowest BCUT2D eigenvalue weighted by Crippen LogP contribution is -2.50. The maximum Gasteiger partial charge on any atom is 0.335 e. The Balaban J connectivity index is 1.51. The first-order valence-electron chi connectivity index (χ1n) is 8.86. The first-order valence-corrected chi connectivity index (χ1v) is 8.86. The summed E-state index contributed by atoms with van der Waals surface area (Å²) in [5.41, 5.74) is 2.06. The Bertz CT molecular complexity index is 617. The molecule has 0 atom stereocenters. The van der Waals surface area contributed by atoms with Crippen molar-refractivity contribution in [3.8, 4) is 0 Å². The summed E-state index contributed by atoms with van der Waals surface area (Å²) < 4.78 is 0. The highest BCUT2D eigenvalue weighted by atomic mass is 16.4. The number of nitrogens with zero attached hydrogens (tertiary/aromatic N) is 2. The van der Waals surface area contributed by atoms with Crippen molar-refractivity contribution >= 4 is 11.9 Å². The molecule has 5 heteroatoms. The van der Waals surface area contributed by atoms with Gasteiger partial charge in [0.15, 0.2) is 0 Å². The van der Waals surface area contributed by atoms with E-state index in [9.17, 15) is 9.59 Å². The molecule has 1 aromatic rings. The van der Waals surface area contributed by atoms with E-state index < -0.39 is 5.97 Å². The smallest absolute Gasteiger partial charge is 0.335 e. The van der Waals surface area contributed by atoms with Crippen molar-refractivity contribution in [2.24, 2.45) is 5.92 Å². The summed E-state index contributed by atoms with van der Waals surface area (Å²) in [6, 6.07) is 4.99. The molecule has 2 fully saturated rings. The maximum absolute atomic E-state index is 12.5. The van der Waals surface area contributed by atoms with Gasteiger partial charge in [0.25, 0.3) is 0 Å². The number of rotatable bonds is 5. The number of hydrogen-bond donors (Lipinski definition) is 1. The lowest BCUT2D eigenvalue weighted by molar-refractivity contribution is -0.132. The van der Waals surface area contributed by atoms with Gasteiger partial charge in [-0.05, 0) is 48.9 Å². The van der Waals surface area contributed by atoms with Crippen molar-refractivity contribution in [3.05, 3.63) is 34.9 Å². The van der Waals surface area contributed by atoms with Crippen LogP contribution in [0.2, 0.25) is 0 Å².